The molecule has 0 aliphatic heterocycles. The Morgan fingerprint density at radius 1 is 1.32 bits per heavy atom. The van der Waals surface area contributed by atoms with E-state index in [1.54, 1.807) is 30.6 Å². The minimum absolute atomic E-state index is 0.138. The topological polar surface area (TPSA) is 79.8 Å². The van der Waals surface area contributed by atoms with Gasteiger partial charge in [0.2, 0.25) is 5.95 Å². The Bertz CT molecular complexity index is 602. The molecule has 0 saturated carbocycles. The van der Waals surface area contributed by atoms with Crippen LogP contribution in [0, 0.1) is 6.92 Å². The zero-order valence-electron chi connectivity index (χ0n) is 10.1. The van der Waals surface area contributed by atoms with Crippen LogP contribution in [0.25, 0.3) is 0 Å². The minimum Gasteiger partial charge on any atom is -0.301 e. The third-order valence-corrected chi connectivity index (χ3v) is 2.38. The van der Waals surface area contributed by atoms with Crippen LogP contribution in [0.4, 0.5) is 5.95 Å². The highest BCUT2D eigenvalue weighted by molar-refractivity contribution is 7.80. The van der Waals surface area contributed by atoms with Crippen molar-refractivity contribution in [1.82, 2.24) is 20.3 Å². The number of aromatic nitrogens is 3. The Kier molecular flexibility index (Phi) is 4.09. The van der Waals surface area contributed by atoms with Crippen molar-refractivity contribution in [2.45, 2.75) is 6.92 Å². The molecular weight excluding hydrogens is 262 g/mol. The van der Waals surface area contributed by atoms with Gasteiger partial charge in [-0.25, -0.2) is 9.97 Å². The maximum atomic E-state index is 11.8. The molecular formula is C12H11N5OS. The highest BCUT2D eigenvalue weighted by Crippen LogP contribution is 1.99. The average molecular weight is 273 g/mol. The fourth-order valence-electron chi connectivity index (χ4n) is 1.31. The SMILES string of the molecule is Cc1ccnc(NC(=S)NC(=O)c2cccnc2)n1. The summed E-state index contributed by atoms with van der Waals surface area (Å²) in [7, 11) is 0. The number of carbonyl (C=O) groups is 1. The van der Waals surface area contributed by atoms with E-state index in [-0.39, 0.29) is 11.0 Å². The van der Waals surface area contributed by atoms with Crippen LogP contribution in [0.15, 0.2) is 36.8 Å². The molecule has 0 atom stereocenters. The van der Waals surface area contributed by atoms with Gasteiger partial charge in [0.15, 0.2) is 5.11 Å². The van der Waals surface area contributed by atoms with Crippen molar-refractivity contribution in [2.75, 3.05) is 5.32 Å². The van der Waals surface area contributed by atoms with Gasteiger partial charge in [-0.2, -0.15) is 0 Å². The van der Waals surface area contributed by atoms with Gasteiger partial charge in [0.25, 0.3) is 5.91 Å². The predicted octanol–water partition coefficient (Wildman–Crippen LogP) is 1.31. The van der Waals surface area contributed by atoms with Crippen molar-refractivity contribution < 1.29 is 4.79 Å². The Balaban J connectivity index is 1.97. The van der Waals surface area contributed by atoms with E-state index in [1.165, 1.54) is 6.20 Å². The number of hydrogen-bond acceptors (Lipinski definition) is 5. The lowest BCUT2D eigenvalue weighted by Gasteiger charge is -2.08. The second kappa shape index (κ2) is 5.96. The number of pyridine rings is 1. The quantitative estimate of drug-likeness (QED) is 0.803. The molecule has 0 fully saturated rings. The maximum absolute atomic E-state index is 11.8. The molecule has 19 heavy (non-hydrogen) atoms. The summed E-state index contributed by atoms with van der Waals surface area (Å²) in [4.78, 5) is 23.8. The fourth-order valence-corrected chi connectivity index (χ4v) is 1.50. The zero-order chi connectivity index (χ0) is 13.7. The molecule has 0 spiro atoms. The molecule has 2 rings (SSSR count). The Hall–Kier alpha value is -2.41. The first-order chi connectivity index (χ1) is 9.15. The first kappa shape index (κ1) is 13.0. The van der Waals surface area contributed by atoms with Gasteiger partial charge in [-0.15, -0.1) is 0 Å². The first-order valence-corrected chi connectivity index (χ1v) is 5.88. The van der Waals surface area contributed by atoms with Gasteiger partial charge in [-0.05, 0) is 37.3 Å². The van der Waals surface area contributed by atoms with Crippen LogP contribution >= 0.6 is 12.2 Å². The number of aryl methyl sites for hydroxylation is 1. The van der Waals surface area contributed by atoms with Crippen LogP contribution in [0.5, 0.6) is 0 Å². The standard InChI is InChI=1S/C12H11N5OS/c1-8-4-6-14-11(15-8)17-12(19)16-10(18)9-3-2-5-13-7-9/h2-7H,1H3,(H2,14,15,16,17,18,19). The molecule has 96 valence electrons. The number of rotatable bonds is 2. The number of nitrogens with one attached hydrogen (secondary N) is 2. The summed E-state index contributed by atoms with van der Waals surface area (Å²) in [5.74, 6) is 0.00902. The van der Waals surface area contributed by atoms with Gasteiger partial charge in [0, 0.05) is 24.3 Å². The van der Waals surface area contributed by atoms with E-state index in [2.05, 4.69) is 25.6 Å². The molecule has 6 nitrogen and oxygen atoms in total. The molecule has 2 N–H and O–H groups in total. The van der Waals surface area contributed by atoms with Crippen LogP contribution < -0.4 is 10.6 Å². The summed E-state index contributed by atoms with van der Waals surface area (Å²) in [6, 6.07) is 5.09. The van der Waals surface area contributed by atoms with Gasteiger partial charge in [0.1, 0.15) is 0 Å². The fraction of sp³-hybridized carbons (Fsp3) is 0.0833. The van der Waals surface area contributed by atoms with Crippen LogP contribution in [0.2, 0.25) is 0 Å². The molecule has 0 aliphatic carbocycles. The molecule has 0 aliphatic rings. The van der Waals surface area contributed by atoms with Gasteiger partial charge in [-0.1, -0.05) is 0 Å². The van der Waals surface area contributed by atoms with E-state index in [0.29, 0.717) is 11.5 Å². The zero-order valence-corrected chi connectivity index (χ0v) is 10.9. The number of hydrogen-bond donors (Lipinski definition) is 2. The van der Waals surface area contributed by atoms with E-state index in [0.717, 1.165) is 5.69 Å². The van der Waals surface area contributed by atoms with Gasteiger partial charge in [0.05, 0.1) is 5.56 Å². The van der Waals surface area contributed by atoms with Crippen LogP contribution in [0.3, 0.4) is 0 Å². The summed E-state index contributed by atoms with van der Waals surface area (Å²) in [5, 5.41) is 5.40. The minimum atomic E-state index is -0.335. The second-order valence-electron chi connectivity index (χ2n) is 3.67. The normalized spacial score (nSPS) is 9.74. The molecule has 1 amide bonds. The van der Waals surface area contributed by atoms with Crippen molar-refractivity contribution >= 4 is 29.2 Å². The number of anilines is 1. The maximum Gasteiger partial charge on any atom is 0.258 e. The molecule has 2 aromatic heterocycles. The number of carbonyl (C=O) groups excluding carboxylic acids is 1. The summed E-state index contributed by atoms with van der Waals surface area (Å²) < 4.78 is 0. The van der Waals surface area contributed by atoms with E-state index >= 15 is 0 Å². The Labute approximate surface area is 115 Å². The van der Waals surface area contributed by atoms with Crippen molar-refractivity contribution in [1.29, 1.82) is 0 Å². The lowest BCUT2D eigenvalue weighted by Crippen LogP contribution is -2.34. The molecule has 0 unspecified atom stereocenters. The Morgan fingerprint density at radius 3 is 2.84 bits per heavy atom. The summed E-state index contributed by atoms with van der Waals surface area (Å²) in [5.41, 5.74) is 1.23. The predicted molar refractivity (Wildman–Crippen MR) is 74.7 cm³/mol. The lowest BCUT2D eigenvalue weighted by atomic mass is 10.3. The summed E-state index contributed by atoms with van der Waals surface area (Å²) in [6.45, 7) is 1.84. The first-order valence-electron chi connectivity index (χ1n) is 5.47. The lowest BCUT2D eigenvalue weighted by molar-refractivity contribution is 0.0977. The summed E-state index contributed by atoms with van der Waals surface area (Å²) >= 11 is 5.01. The largest absolute Gasteiger partial charge is 0.301 e. The van der Waals surface area contributed by atoms with Crippen molar-refractivity contribution in [3.8, 4) is 0 Å². The molecule has 0 saturated heterocycles. The summed E-state index contributed by atoms with van der Waals surface area (Å²) in [6.07, 6.45) is 4.66. The van der Waals surface area contributed by atoms with Crippen molar-refractivity contribution in [3.63, 3.8) is 0 Å². The molecule has 0 aromatic carbocycles. The number of thiocarbonyl (C=S) groups is 1. The van der Waals surface area contributed by atoms with Gasteiger partial charge in [-0.3, -0.25) is 15.1 Å². The molecule has 7 heteroatoms. The smallest absolute Gasteiger partial charge is 0.258 e. The number of nitrogens with zero attached hydrogens (tertiary/aromatic N) is 3. The molecule has 0 bridgehead atoms. The van der Waals surface area contributed by atoms with E-state index in [9.17, 15) is 4.79 Å². The highest BCUT2D eigenvalue weighted by atomic mass is 32.1. The monoisotopic (exact) mass is 273 g/mol. The Morgan fingerprint density at radius 2 is 2.16 bits per heavy atom. The van der Waals surface area contributed by atoms with Crippen LogP contribution in [-0.2, 0) is 0 Å². The van der Waals surface area contributed by atoms with Gasteiger partial charge < -0.3 is 5.32 Å². The molecule has 2 heterocycles. The van der Waals surface area contributed by atoms with E-state index in [1.807, 2.05) is 6.92 Å². The highest BCUT2D eigenvalue weighted by Gasteiger charge is 2.08. The molecule has 2 aromatic rings. The third kappa shape index (κ3) is 3.78. The van der Waals surface area contributed by atoms with Crippen LogP contribution in [0.1, 0.15) is 16.1 Å². The average Bonchev–Trinajstić information content (AvgIpc) is 2.39. The van der Waals surface area contributed by atoms with Gasteiger partial charge >= 0.3 is 0 Å². The third-order valence-electron chi connectivity index (χ3n) is 2.17. The van der Waals surface area contributed by atoms with E-state index in [4.69, 9.17) is 12.2 Å². The van der Waals surface area contributed by atoms with E-state index < -0.39 is 0 Å². The second-order valence-corrected chi connectivity index (χ2v) is 4.08. The van der Waals surface area contributed by atoms with Crippen molar-refractivity contribution in [2.24, 2.45) is 0 Å². The van der Waals surface area contributed by atoms with Crippen molar-refractivity contribution in [3.05, 3.63) is 48.0 Å². The number of amides is 1. The van der Waals surface area contributed by atoms with Crippen LogP contribution in [-0.4, -0.2) is 26.0 Å². The molecule has 0 radical (unpaired) electrons.